The molecule has 0 amide bonds. The Hall–Kier alpha value is -2.28. The molecule has 0 unspecified atom stereocenters. The third-order valence-corrected chi connectivity index (χ3v) is 3.77. The zero-order valence-corrected chi connectivity index (χ0v) is 11.8. The van der Waals surface area contributed by atoms with Crippen LogP contribution in [-0.4, -0.2) is 34.2 Å². The van der Waals surface area contributed by atoms with Crippen molar-refractivity contribution in [1.82, 2.24) is 19.5 Å². The maximum absolute atomic E-state index is 11.6. The molecular formula is C13H12N4O2S. The number of hydrogen-bond donors (Lipinski definition) is 0. The molecule has 102 valence electrons. The molecule has 0 N–H and O–H groups in total. The second-order valence-corrected chi connectivity index (χ2v) is 6.36. The van der Waals surface area contributed by atoms with E-state index in [0.717, 1.165) is 23.1 Å². The van der Waals surface area contributed by atoms with E-state index in [0.29, 0.717) is 5.82 Å². The van der Waals surface area contributed by atoms with Crippen molar-refractivity contribution < 1.29 is 8.42 Å². The predicted octanol–water partition coefficient (Wildman–Crippen LogP) is 1.53. The second kappa shape index (κ2) is 4.38. The van der Waals surface area contributed by atoms with Crippen molar-refractivity contribution in [2.75, 3.05) is 6.26 Å². The molecule has 6 nitrogen and oxygen atoms in total. The molecule has 0 aliphatic heterocycles. The third-order valence-electron chi connectivity index (χ3n) is 2.91. The Morgan fingerprint density at radius 3 is 2.60 bits per heavy atom. The minimum Gasteiger partial charge on any atom is -0.280 e. The summed E-state index contributed by atoms with van der Waals surface area (Å²) in [6.07, 6.45) is 2.53. The highest BCUT2D eigenvalue weighted by molar-refractivity contribution is 7.90. The van der Waals surface area contributed by atoms with Crippen LogP contribution in [0.2, 0.25) is 0 Å². The molecule has 0 atom stereocenters. The topological polar surface area (TPSA) is 77.7 Å². The van der Waals surface area contributed by atoms with Crippen molar-refractivity contribution in [3.63, 3.8) is 0 Å². The standard InChI is InChI=1S/C13H12N4O2S/c1-9-15-10-5-3-4-6-11(10)17(9)12-7-8-14-13(16-12)20(2,18)19/h3-8H,1-2H3. The highest BCUT2D eigenvalue weighted by atomic mass is 32.2. The van der Waals surface area contributed by atoms with Crippen molar-refractivity contribution in [1.29, 1.82) is 0 Å². The molecule has 3 aromatic rings. The molecule has 20 heavy (non-hydrogen) atoms. The number of aryl methyl sites for hydroxylation is 1. The van der Waals surface area contributed by atoms with E-state index in [9.17, 15) is 8.42 Å². The van der Waals surface area contributed by atoms with Gasteiger partial charge >= 0.3 is 0 Å². The summed E-state index contributed by atoms with van der Waals surface area (Å²) in [5, 5.41) is -0.188. The average molecular weight is 288 g/mol. The largest absolute Gasteiger partial charge is 0.280 e. The molecule has 2 heterocycles. The van der Waals surface area contributed by atoms with Crippen LogP contribution in [0.15, 0.2) is 41.7 Å². The molecule has 7 heteroatoms. The Morgan fingerprint density at radius 2 is 1.85 bits per heavy atom. The van der Waals surface area contributed by atoms with Gasteiger partial charge in [0, 0.05) is 12.5 Å². The molecule has 3 rings (SSSR count). The summed E-state index contributed by atoms with van der Waals surface area (Å²) >= 11 is 0. The molecule has 0 fully saturated rings. The fourth-order valence-electron chi connectivity index (χ4n) is 2.07. The van der Waals surface area contributed by atoms with Gasteiger partial charge in [0.25, 0.3) is 0 Å². The Balaban J connectivity index is 2.29. The Kier molecular flexibility index (Phi) is 2.79. The summed E-state index contributed by atoms with van der Waals surface area (Å²) in [5.74, 6) is 1.23. The van der Waals surface area contributed by atoms with Crippen LogP contribution in [0.1, 0.15) is 5.82 Å². The van der Waals surface area contributed by atoms with Gasteiger partial charge in [0.05, 0.1) is 11.0 Å². The first kappa shape index (κ1) is 12.7. The highest BCUT2D eigenvalue weighted by Gasteiger charge is 2.14. The van der Waals surface area contributed by atoms with Gasteiger partial charge in [0.2, 0.25) is 15.0 Å². The molecule has 0 spiro atoms. The lowest BCUT2D eigenvalue weighted by atomic mass is 10.3. The van der Waals surface area contributed by atoms with Crippen molar-refractivity contribution in [3.05, 3.63) is 42.4 Å². The van der Waals surface area contributed by atoms with Crippen molar-refractivity contribution >= 4 is 20.9 Å². The molecule has 0 bridgehead atoms. The number of rotatable bonds is 2. The van der Waals surface area contributed by atoms with Crippen LogP contribution in [0.25, 0.3) is 16.9 Å². The number of para-hydroxylation sites is 2. The van der Waals surface area contributed by atoms with E-state index in [1.807, 2.05) is 35.8 Å². The van der Waals surface area contributed by atoms with E-state index in [1.165, 1.54) is 6.20 Å². The molecular weight excluding hydrogens is 276 g/mol. The molecule has 0 saturated heterocycles. The van der Waals surface area contributed by atoms with Gasteiger partial charge in [-0.2, -0.15) is 0 Å². The van der Waals surface area contributed by atoms with Crippen molar-refractivity contribution in [2.24, 2.45) is 0 Å². The fourth-order valence-corrected chi connectivity index (χ4v) is 2.58. The lowest BCUT2D eigenvalue weighted by Crippen LogP contribution is -2.08. The number of imidazole rings is 1. The maximum Gasteiger partial charge on any atom is 0.248 e. The quantitative estimate of drug-likeness (QED) is 0.668. The molecule has 0 radical (unpaired) electrons. The summed E-state index contributed by atoms with van der Waals surface area (Å²) in [5.41, 5.74) is 1.72. The van der Waals surface area contributed by atoms with Gasteiger partial charge < -0.3 is 0 Å². The van der Waals surface area contributed by atoms with E-state index in [4.69, 9.17) is 0 Å². The predicted molar refractivity (Wildman–Crippen MR) is 74.5 cm³/mol. The molecule has 0 aliphatic rings. The van der Waals surface area contributed by atoms with Gasteiger partial charge in [-0.3, -0.25) is 4.57 Å². The molecule has 2 aromatic heterocycles. The summed E-state index contributed by atoms with van der Waals surface area (Å²) < 4.78 is 24.9. The van der Waals surface area contributed by atoms with Crippen LogP contribution < -0.4 is 0 Å². The Morgan fingerprint density at radius 1 is 1.10 bits per heavy atom. The average Bonchev–Trinajstić information content (AvgIpc) is 2.73. The minimum atomic E-state index is -3.44. The van der Waals surface area contributed by atoms with Gasteiger partial charge in [0.1, 0.15) is 11.6 Å². The molecule has 0 saturated carbocycles. The van der Waals surface area contributed by atoms with Crippen LogP contribution in [0.5, 0.6) is 0 Å². The smallest absolute Gasteiger partial charge is 0.248 e. The van der Waals surface area contributed by atoms with Crippen molar-refractivity contribution in [2.45, 2.75) is 12.1 Å². The second-order valence-electron chi connectivity index (χ2n) is 4.45. The lowest BCUT2D eigenvalue weighted by molar-refractivity contribution is 0.592. The van der Waals surface area contributed by atoms with Crippen LogP contribution >= 0.6 is 0 Å². The summed E-state index contributed by atoms with van der Waals surface area (Å²) in [4.78, 5) is 12.4. The summed E-state index contributed by atoms with van der Waals surface area (Å²) in [7, 11) is -3.44. The first-order valence-corrected chi connectivity index (χ1v) is 7.83. The van der Waals surface area contributed by atoms with E-state index < -0.39 is 9.84 Å². The Bertz CT molecular complexity index is 900. The molecule has 1 aromatic carbocycles. The third kappa shape index (κ3) is 2.05. The summed E-state index contributed by atoms with van der Waals surface area (Å²) in [6.45, 7) is 1.85. The maximum atomic E-state index is 11.6. The fraction of sp³-hybridized carbons (Fsp3) is 0.154. The van der Waals surface area contributed by atoms with Gasteiger partial charge in [0.15, 0.2) is 0 Å². The number of aromatic nitrogens is 4. The van der Waals surface area contributed by atoms with E-state index in [1.54, 1.807) is 6.07 Å². The number of fused-ring (bicyclic) bond motifs is 1. The van der Waals surface area contributed by atoms with Gasteiger partial charge in [-0.05, 0) is 25.1 Å². The lowest BCUT2D eigenvalue weighted by Gasteiger charge is -2.06. The van der Waals surface area contributed by atoms with Crippen LogP contribution in [0.3, 0.4) is 0 Å². The normalized spacial score (nSPS) is 11.9. The number of benzene rings is 1. The van der Waals surface area contributed by atoms with Crippen LogP contribution in [0, 0.1) is 6.92 Å². The van der Waals surface area contributed by atoms with E-state index in [2.05, 4.69) is 15.0 Å². The van der Waals surface area contributed by atoms with Gasteiger partial charge in [-0.1, -0.05) is 12.1 Å². The number of hydrogen-bond acceptors (Lipinski definition) is 5. The van der Waals surface area contributed by atoms with Gasteiger partial charge in [-0.15, -0.1) is 0 Å². The van der Waals surface area contributed by atoms with Crippen molar-refractivity contribution in [3.8, 4) is 5.82 Å². The molecule has 0 aliphatic carbocycles. The van der Waals surface area contributed by atoms with E-state index >= 15 is 0 Å². The first-order valence-electron chi connectivity index (χ1n) is 5.94. The van der Waals surface area contributed by atoms with E-state index in [-0.39, 0.29) is 5.16 Å². The highest BCUT2D eigenvalue weighted by Crippen LogP contribution is 2.20. The zero-order chi connectivity index (χ0) is 14.3. The summed E-state index contributed by atoms with van der Waals surface area (Å²) in [6, 6.07) is 9.28. The number of sulfone groups is 1. The monoisotopic (exact) mass is 288 g/mol. The Labute approximate surface area is 116 Å². The SMILES string of the molecule is Cc1nc2ccccc2n1-c1ccnc(S(C)(=O)=O)n1. The number of nitrogens with zero attached hydrogens (tertiary/aromatic N) is 4. The van der Waals surface area contributed by atoms with Crippen LogP contribution in [0.4, 0.5) is 0 Å². The zero-order valence-electron chi connectivity index (χ0n) is 11.0. The first-order chi connectivity index (χ1) is 9.47. The van der Waals surface area contributed by atoms with Crippen LogP contribution in [-0.2, 0) is 9.84 Å². The van der Waals surface area contributed by atoms with Gasteiger partial charge in [-0.25, -0.2) is 23.4 Å². The minimum absolute atomic E-state index is 0.188.